The Morgan fingerprint density at radius 1 is 1.17 bits per heavy atom. The van der Waals surface area contributed by atoms with E-state index in [-0.39, 0.29) is 16.7 Å². The van der Waals surface area contributed by atoms with E-state index in [9.17, 15) is 13.6 Å². The molecule has 3 aromatic rings. The van der Waals surface area contributed by atoms with Gasteiger partial charge in [-0.25, -0.2) is 23.4 Å². The van der Waals surface area contributed by atoms with Crippen LogP contribution in [0, 0.1) is 11.6 Å². The maximum atomic E-state index is 13.2. The molecule has 0 spiro atoms. The first-order chi connectivity index (χ1) is 11.0. The van der Waals surface area contributed by atoms with E-state index < -0.39 is 17.5 Å². The van der Waals surface area contributed by atoms with Crippen LogP contribution in [0.3, 0.4) is 0 Å². The minimum absolute atomic E-state index is 0.126. The van der Waals surface area contributed by atoms with Crippen LogP contribution in [0.4, 0.5) is 14.5 Å². The van der Waals surface area contributed by atoms with Crippen molar-refractivity contribution in [2.75, 3.05) is 5.32 Å². The molecule has 0 aliphatic heterocycles. The van der Waals surface area contributed by atoms with Crippen molar-refractivity contribution in [1.82, 2.24) is 19.7 Å². The standard InChI is InChI=1S/C14H8ClF2N5O/c15-12-11(2-1-5-18-12)20-14(23)13-19-7-22(21-13)8-3-4-9(16)10(17)6-8/h1-7H,(H,20,23). The van der Waals surface area contributed by atoms with Crippen molar-refractivity contribution in [1.29, 1.82) is 0 Å². The molecule has 6 nitrogen and oxygen atoms in total. The molecule has 2 heterocycles. The maximum Gasteiger partial charge on any atom is 0.295 e. The molecule has 1 N–H and O–H groups in total. The number of hydrogen-bond acceptors (Lipinski definition) is 4. The van der Waals surface area contributed by atoms with Crippen LogP contribution >= 0.6 is 11.6 Å². The van der Waals surface area contributed by atoms with Gasteiger partial charge in [0.25, 0.3) is 5.91 Å². The molecule has 0 aliphatic carbocycles. The summed E-state index contributed by atoms with van der Waals surface area (Å²) in [5, 5.41) is 6.55. The number of aromatic nitrogens is 4. The molecule has 0 unspecified atom stereocenters. The van der Waals surface area contributed by atoms with Gasteiger partial charge in [0.1, 0.15) is 6.33 Å². The molecule has 0 aliphatic rings. The number of amides is 1. The average molecular weight is 336 g/mol. The van der Waals surface area contributed by atoms with Crippen LogP contribution in [0.25, 0.3) is 5.69 Å². The van der Waals surface area contributed by atoms with E-state index in [1.165, 1.54) is 18.6 Å². The lowest BCUT2D eigenvalue weighted by Gasteiger charge is -2.03. The molecule has 0 radical (unpaired) electrons. The van der Waals surface area contributed by atoms with Crippen molar-refractivity contribution in [3.8, 4) is 5.69 Å². The molecule has 0 fully saturated rings. The summed E-state index contributed by atoms with van der Waals surface area (Å²) in [5.74, 6) is -2.76. The Balaban J connectivity index is 1.82. The fraction of sp³-hybridized carbons (Fsp3) is 0. The smallest absolute Gasteiger partial charge is 0.295 e. The third-order valence-corrected chi connectivity index (χ3v) is 3.17. The van der Waals surface area contributed by atoms with Gasteiger partial charge in [0.2, 0.25) is 5.82 Å². The molecule has 9 heteroatoms. The van der Waals surface area contributed by atoms with Gasteiger partial charge in [0.15, 0.2) is 16.8 Å². The Labute approximate surface area is 133 Å². The van der Waals surface area contributed by atoms with Gasteiger partial charge in [-0.2, -0.15) is 0 Å². The van der Waals surface area contributed by atoms with Crippen LogP contribution in [0.2, 0.25) is 5.15 Å². The molecule has 0 saturated heterocycles. The Morgan fingerprint density at radius 2 is 2.00 bits per heavy atom. The molecule has 0 saturated carbocycles. The van der Waals surface area contributed by atoms with Crippen LogP contribution < -0.4 is 5.32 Å². The number of rotatable bonds is 3. The zero-order valence-corrected chi connectivity index (χ0v) is 12.1. The molecule has 116 valence electrons. The first-order valence-corrected chi connectivity index (χ1v) is 6.71. The van der Waals surface area contributed by atoms with Gasteiger partial charge in [-0.05, 0) is 24.3 Å². The number of carbonyl (C=O) groups excluding carboxylic acids is 1. The summed E-state index contributed by atoms with van der Waals surface area (Å²) in [6.45, 7) is 0. The number of benzene rings is 1. The highest BCUT2D eigenvalue weighted by Crippen LogP contribution is 2.18. The minimum atomic E-state index is -1.02. The van der Waals surface area contributed by atoms with Gasteiger partial charge in [0.05, 0.1) is 11.4 Å². The predicted molar refractivity (Wildman–Crippen MR) is 78.5 cm³/mol. The zero-order chi connectivity index (χ0) is 16.4. The summed E-state index contributed by atoms with van der Waals surface area (Å²) in [5.41, 5.74) is 0.540. The molecular formula is C14H8ClF2N5O. The zero-order valence-electron chi connectivity index (χ0n) is 11.4. The summed E-state index contributed by atoms with van der Waals surface area (Å²) in [4.78, 5) is 19.7. The molecule has 0 bridgehead atoms. The number of pyridine rings is 1. The largest absolute Gasteiger partial charge is 0.317 e. The summed E-state index contributed by atoms with van der Waals surface area (Å²) in [7, 11) is 0. The first-order valence-electron chi connectivity index (χ1n) is 6.33. The van der Waals surface area contributed by atoms with Gasteiger partial charge in [0, 0.05) is 12.3 Å². The predicted octanol–water partition coefficient (Wildman–Crippen LogP) is 2.85. The topological polar surface area (TPSA) is 72.7 Å². The Bertz CT molecular complexity index is 883. The van der Waals surface area contributed by atoms with Crippen molar-refractivity contribution < 1.29 is 13.6 Å². The van der Waals surface area contributed by atoms with E-state index in [1.54, 1.807) is 12.1 Å². The minimum Gasteiger partial charge on any atom is -0.317 e. The highest BCUT2D eigenvalue weighted by molar-refractivity contribution is 6.32. The summed E-state index contributed by atoms with van der Waals surface area (Å²) >= 11 is 5.84. The van der Waals surface area contributed by atoms with Gasteiger partial charge in [-0.15, -0.1) is 5.10 Å². The number of anilines is 1. The van der Waals surface area contributed by atoms with Crippen LogP contribution in [-0.4, -0.2) is 25.7 Å². The highest BCUT2D eigenvalue weighted by Gasteiger charge is 2.14. The van der Waals surface area contributed by atoms with Gasteiger partial charge in [-0.1, -0.05) is 11.6 Å². The quantitative estimate of drug-likeness (QED) is 0.747. The number of nitrogens with zero attached hydrogens (tertiary/aromatic N) is 4. The third-order valence-electron chi connectivity index (χ3n) is 2.87. The fourth-order valence-electron chi connectivity index (χ4n) is 1.78. The average Bonchev–Trinajstić information content (AvgIpc) is 3.02. The molecule has 3 rings (SSSR count). The number of hydrogen-bond donors (Lipinski definition) is 1. The maximum absolute atomic E-state index is 13.2. The van der Waals surface area contributed by atoms with Crippen LogP contribution in [0.5, 0.6) is 0 Å². The SMILES string of the molecule is O=C(Nc1cccnc1Cl)c1ncn(-c2ccc(F)c(F)c2)n1. The first kappa shape index (κ1) is 15.0. The van der Waals surface area contributed by atoms with Crippen LogP contribution in [0.15, 0.2) is 42.9 Å². The van der Waals surface area contributed by atoms with Gasteiger partial charge < -0.3 is 5.32 Å². The van der Waals surface area contributed by atoms with E-state index in [0.29, 0.717) is 5.69 Å². The number of nitrogens with one attached hydrogen (secondary N) is 1. The van der Waals surface area contributed by atoms with E-state index >= 15 is 0 Å². The molecular weight excluding hydrogens is 328 g/mol. The molecule has 2 aromatic heterocycles. The Morgan fingerprint density at radius 3 is 2.74 bits per heavy atom. The van der Waals surface area contributed by atoms with Crippen molar-refractivity contribution >= 4 is 23.2 Å². The van der Waals surface area contributed by atoms with Gasteiger partial charge in [-0.3, -0.25) is 4.79 Å². The summed E-state index contributed by atoms with van der Waals surface area (Å²) in [6.07, 6.45) is 2.69. The highest BCUT2D eigenvalue weighted by atomic mass is 35.5. The van der Waals surface area contributed by atoms with E-state index in [1.807, 2.05) is 0 Å². The lowest BCUT2D eigenvalue weighted by molar-refractivity contribution is 0.101. The second-order valence-electron chi connectivity index (χ2n) is 4.41. The van der Waals surface area contributed by atoms with Crippen molar-refractivity contribution in [3.63, 3.8) is 0 Å². The fourth-order valence-corrected chi connectivity index (χ4v) is 1.94. The van der Waals surface area contributed by atoms with E-state index in [2.05, 4.69) is 20.4 Å². The lowest BCUT2D eigenvalue weighted by Crippen LogP contribution is -2.14. The second-order valence-corrected chi connectivity index (χ2v) is 4.77. The molecule has 23 heavy (non-hydrogen) atoms. The number of halogens is 3. The Hall–Kier alpha value is -2.87. The Kier molecular flexibility index (Phi) is 3.98. The monoisotopic (exact) mass is 335 g/mol. The summed E-state index contributed by atoms with van der Waals surface area (Å²) in [6, 6.07) is 6.40. The normalized spacial score (nSPS) is 10.6. The molecule has 0 atom stereocenters. The molecule has 1 aromatic carbocycles. The van der Waals surface area contributed by atoms with Crippen molar-refractivity contribution in [2.24, 2.45) is 0 Å². The molecule has 1 amide bonds. The van der Waals surface area contributed by atoms with Crippen LogP contribution in [-0.2, 0) is 0 Å². The van der Waals surface area contributed by atoms with Gasteiger partial charge >= 0.3 is 0 Å². The van der Waals surface area contributed by atoms with Crippen molar-refractivity contribution in [2.45, 2.75) is 0 Å². The van der Waals surface area contributed by atoms with E-state index in [4.69, 9.17) is 11.6 Å². The lowest BCUT2D eigenvalue weighted by atomic mass is 10.3. The van der Waals surface area contributed by atoms with Crippen LogP contribution in [0.1, 0.15) is 10.6 Å². The third kappa shape index (κ3) is 3.16. The van der Waals surface area contributed by atoms with E-state index in [0.717, 1.165) is 16.8 Å². The number of carbonyl (C=O) groups is 1. The second kappa shape index (κ2) is 6.09. The summed E-state index contributed by atoms with van der Waals surface area (Å²) < 4.78 is 27.3. The van der Waals surface area contributed by atoms with Crippen molar-refractivity contribution in [3.05, 3.63) is 65.5 Å².